The molecule has 2 N–H and O–H groups in total. The first-order valence-corrected chi connectivity index (χ1v) is 6.11. The van der Waals surface area contributed by atoms with Crippen LogP contribution in [0, 0.1) is 6.92 Å². The van der Waals surface area contributed by atoms with E-state index < -0.39 is 0 Å². The van der Waals surface area contributed by atoms with Gasteiger partial charge < -0.3 is 15.0 Å². The van der Waals surface area contributed by atoms with E-state index in [2.05, 4.69) is 20.9 Å². The van der Waals surface area contributed by atoms with Crippen LogP contribution in [-0.4, -0.2) is 16.2 Å². The maximum Gasteiger partial charge on any atom is 0.135 e. The van der Waals surface area contributed by atoms with E-state index in [9.17, 15) is 0 Å². The van der Waals surface area contributed by atoms with Crippen molar-refractivity contribution in [1.82, 2.24) is 9.55 Å². The number of nitrogen functional groups attached to an aromatic ring is 1. The van der Waals surface area contributed by atoms with Gasteiger partial charge in [-0.25, -0.2) is 4.98 Å². The SMILES string of the molecule is Cc1nccn1CCOc1cc(N)ccc1Br. The van der Waals surface area contributed by atoms with Crippen molar-refractivity contribution < 1.29 is 4.74 Å². The van der Waals surface area contributed by atoms with Crippen LogP contribution in [0.15, 0.2) is 35.1 Å². The molecule has 0 aliphatic rings. The molecule has 17 heavy (non-hydrogen) atoms. The number of ether oxygens (including phenoxy) is 1. The first kappa shape index (κ1) is 12.0. The van der Waals surface area contributed by atoms with Crippen molar-refractivity contribution in [2.75, 3.05) is 12.3 Å². The van der Waals surface area contributed by atoms with E-state index in [-0.39, 0.29) is 0 Å². The summed E-state index contributed by atoms with van der Waals surface area (Å²) in [5.41, 5.74) is 6.40. The lowest BCUT2D eigenvalue weighted by atomic mass is 10.3. The lowest BCUT2D eigenvalue weighted by Crippen LogP contribution is -2.09. The van der Waals surface area contributed by atoms with Crippen LogP contribution in [0.3, 0.4) is 0 Å². The lowest BCUT2D eigenvalue weighted by molar-refractivity contribution is 0.295. The highest BCUT2D eigenvalue weighted by Gasteiger charge is 2.02. The van der Waals surface area contributed by atoms with Crippen LogP contribution in [0.25, 0.3) is 0 Å². The zero-order valence-electron chi connectivity index (χ0n) is 9.56. The Morgan fingerprint density at radius 2 is 2.29 bits per heavy atom. The van der Waals surface area contributed by atoms with Gasteiger partial charge in [-0.2, -0.15) is 0 Å². The van der Waals surface area contributed by atoms with E-state index in [0.717, 1.165) is 22.6 Å². The van der Waals surface area contributed by atoms with Gasteiger partial charge >= 0.3 is 0 Å². The molecule has 0 saturated carbocycles. The topological polar surface area (TPSA) is 53.1 Å². The molecule has 0 unspecified atom stereocenters. The summed E-state index contributed by atoms with van der Waals surface area (Å²) in [5, 5.41) is 0. The predicted molar refractivity (Wildman–Crippen MR) is 71.0 cm³/mol. The van der Waals surface area contributed by atoms with Crippen LogP contribution in [0.5, 0.6) is 5.75 Å². The summed E-state index contributed by atoms with van der Waals surface area (Å²) in [7, 11) is 0. The fraction of sp³-hybridized carbons (Fsp3) is 0.250. The fourth-order valence-corrected chi connectivity index (χ4v) is 1.89. The number of anilines is 1. The highest BCUT2D eigenvalue weighted by atomic mass is 79.9. The van der Waals surface area contributed by atoms with Gasteiger partial charge in [0.1, 0.15) is 18.2 Å². The third-order valence-corrected chi connectivity index (χ3v) is 3.12. The van der Waals surface area contributed by atoms with E-state index in [1.54, 1.807) is 6.20 Å². The van der Waals surface area contributed by atoms with Crippen molar-refractivity contribution in [3.8, 4) is 5.75 Å². The average molecular weight is 296 g/mol. The molecular formula is C12H14BrN3O. The van der Waals surface area contributed by atoms with Gasteiger partial charge in [0.25, 0.3) is 0 Å². The van der Waals surface area contributed by atoms with E-state index in [1.165, 1.54) is 0 Å². The van der Waals surface area contributed by atoms with Crippen LogP contribution in [0.1, 0.15) is 5.82 Å². The third-order valence-electron chi connectivity index (χ3n) is 2.47. The molecule has 0 amide bonds. The smallest absolute Gasteiger partial charge is 0.135 e. The van der Waals surface area contributed by atoms with Gasteiger partial charge in [0.05, 0.1) is 11.0 Å². The quantitative estimate of drug-likeness (QED) is 0.882. The van der Waals surface area contributed by atoms with E-state index >= 15 is 0 Å². The first-order valence-electron chi connectivity index (χ1n) is 5.32. The maximum absolute atomic E-state index is 5.70. The summed E-state index contributed by atoms with van der Waals surface area (Å²) in [6.07, 6.45) is 3.72. The largest absolute Gasteiger partial charge is 0.490 e. The maximum atomic E-state index is 5.70. The number of nitrogens with zero attached hydrogens (tertiary/aromatic N) is 2. The van der Waals surface area contributed by atoms with Crippen LogP contribution >= 0.6 is 15.9 Å². The summed E-state index contributed by atoms with van der Waals surface area (Å²) in [6.45, 7) is 3.32. The summed E-state index contributed by atoms with van der Waals surface area (Å²) in [4.78, 5) is 4.15. The summed E-state index contributed by atoms with van der Waals surface area (Å²) in [6, 6.07) is 5.52. The van der Waals surface area contributed by atoms with Crippen LogP contribution in [0.4, 0.5) is 5.69 Å². The van der Waals surface area contributed by atoms with Crippen LogP contribution in [-0.2, 0) is 6.54 Å². The Morgan fingerprint density at radius 1 is 1.47 bits per heavy atom. The van der Waals surface area contributed by atoms with Crippen molar-refractivity contribution in [3.63, 3.8) is 0 Å². The highest BCUT2D eigenvalue weighted by molar-refractivity contribution is 9.10. The number of rotatable bonds is 4. The molecule has 90 valence electrons. The molecule has 1 aromatic carbocycles. The number of benzene rings is 1. The standard InChI is InChI=1S/C12H14BrN3O/c1-9-15-4-5-16(9)6-7-17-12-8-10(14)2-3-11(12)13/h2-5,8H,6-7,14H2,1H3. The molecule has 2 rings (SSSR count). The number of aromatic nitrogens is 2. The van der Waals surface area contributed by atoms with Crippen molar-refractivity contribution in [2.24, 2.45) is 0 Å². The van der Waals surface area contributed by atoms with Crippen molar-refractivity contribution in [1.29, 1.82) is 0 Å². The van der Waals surface area contributed by atoms with Gasteiger partial charge in [0.15, 0.2) is 0 Å². The number of nitrogens with two attached hydrogens (primary N) is 1. The second-order valence-electron chi connectivity index (χ2n) is 3.71. The van der Waals surface area contributed by atoms with E-state index in [1.807, 2.05) is 35.9 Å². The van der Waals surface area contributed by atoms with Gasteiger partial charge in [0.2, 0.25) is 0 Å². The molecule has 0 fully saturated rings. The Hall–Kier alpha value is -1.49. The lowest BCUT2D eigenvalue weighted by Gasteiger charge is -2.10. The Morgan fingerprint density at radius 3 is 3.00 bits per heavy atom. The van der Waals surface area contributed by atoms with Crippen molar-refractivity contribution >= 4 is 21.6 Å². The predicted octanol–water partition coefficient (Wildman–Crippen LogP) is 2.62. The molecular weight excluding hydrogens is 282 g/mol. The molecule has 1 aromatic heterocycles. The monoisotopic (exact) mass is 295 g/mol. The molecule has 0 bridgehead atoms. The van der Waals surface area contributed by atoms with Gasteiger partial charge in [-0.05, 0) is 35.0 Å². The molecule has 5 heteroatoms. The van der Waals surface area contributed by atoms with Gasteiger partial charge in [-0.3, -0.25) is 0 Å². The van der Waals surface area contributed by atoms with Gasteiger partial charge in [0, 0.05) is 24.1 Å². The number of hydrogen-bond acceptors (Lipinski definition) is 3. The van der Waals surface area contributed by atoms with Crippen molar-refractivity contribution in [2.45, 2.75) is 13.5 Å². The summed E-state index contributed by atoms with van der Waals surface area (Å²) >= 11 is 3.42. The number of aryl methyl sites for hydroxylation is 1. The van der Waals surface area contributed by atoms with Gasteiger partial charge in [-0.15, -0.1) is 0 Å². The summed E-state index contributed by atoms with van der Waals surface area (Å²) in [5.74, 6) is 1.75. The molecule has 4 nitrogen and oxygen atoms in total. The molecule has 0 spiro atoms. The minimum Gasteiger partial charge on any atom is -0.490 e. The minimum atomic E-state index is 0.583. The number of halogens is 1. The van der Waals surface area contributed by atoms with Crippen molar-refractivity contribution in [3.05, 3.63) is 40.9 Å². The van der Waals surface area contributed by atoms with Gasteiger partial charge in [-0.1, -0.05) is 0 Å². The fourth-order valence-electron chi connectivity index (χ4n) is 1.52. The Kier molecular flexibility index (Phi) is 3.68. The molecule has 0 aliphatic heterocycles. The second-order valence-corrected chi connectivity index (χ2v) is 4.56. The van der Waals surface area contributed by atoms with Crippen LogP contribution < -0.4 is 10.5 Å². The Balaban J connectivity index is 1.94. The molecule has 0 aliphatic carbocycles. The molecule has 2 aromatic rings. The normalized spacial score (nSPS) is 10.5. The minimum absolute atomic E-state index is 0.583. The number of imidazole rings is 1. The van der Waals surface area contributed by atoms with E-state index in [0.29, 0.717) is 12.3 Å². The molecule has 0 radical (unpaired) electrons. The second kappa shape index (κ2) is 5.23. The Labute approximate surface area is 109 Å². The molecule has 1 heterocycles. The Bertz CT molecular complexity index is 510. The third kappa shape index (κ3) is 3.00. The average Bonchev–Trinajstić information content (AvgIpc) is 2.70. The zero-order chi connectivity index (χ0) is 12.3. The first-order chi connectivity index (χ1) is 8.16. The number of hydrogen-bond donors (Lipinski definition) is 1. The van der Waals surface area contributed by atoms with E-state index in [4.69, 9.17) is 10.5 Å². The zero-order valence-corrected chi connectivity index (χ0v) is 11.1. The summed E-state index contributed by atoms with van der Waals surface area (Å²) < 4.78 is 8.62. The molecule has 0 atom stereocenters. The molecule has 0 saturated heterocycles. The van der Waals surface area contributed by atoms with Crippen LogP contribution in [0.2, 0.25) is 0 Å². The highest BCUT2D eigenvalue weighted by Crippen LogP contribution is 2.26.